The van der Waals surface area contributed by atoms with Crippen LogP contribution in [0.15, 0.2) is 0 Å². The highest BCUT2D eigenvalue weighted by Gasteiger charge is 2.58. The molecule has 9 atom stereocenters. The summed E-state index contributed by atoms with van der Waals surface area (Å²) in [6.45, 7) is 6.88. The van der Waals surface area contributed by atoms with E-state index in [1.165, 1.54) is 64.2 Å². The van der Waals surface area contributed by atoms with Crippen molar-refractivity contribution in [2.75, 3.05) is 7.11 Å². The molecule has 2 nitrogen and oxygen atoms in total. The van der Waals surface area contributed by atoms with E-state index in [-0.39, 0.29) is 11.7 Å². The molecule has 0 aromatic heterocycles. The quantitative estimate of drug-likeness (QED) is 0.737. The maximum Gasteiger partial charge on any atom is 0.0679 e. The number of aliphatic hydroxyl groups is 1. The van der Waals surface area contributed by atoms with Gasteiger partial charge in [-0.3, -0.25) is 0 Å². The fourth-order valence-electron chi connectivity index (χ4n) is 8.43. The van der Waals surface area contributed by atoms with Crippen LogP contribution in [0.25, 0.3) is 0 Å². The van der Waals surface area contributed by atoms with Crippen LogP contribution < -0.4 is 0 Å². The summed E-state index contributed by atoms with van der Waals surface area (Å²) in [7, 11) is 1.94. The molecule has 0 saturated heterocycles. The van der Waals surface area contributed by atoms with Crippen molar-refractivity contribution < 1.29 is 9.84 Å². The van der Waals surface area contributed by atoms with Crippen LogP contribution in [0.4, 0.5) is 0 Å². The Labute approximate surface area is 155 Å². The molecule has 9 unspecified atom stereocenters. The van der Waals surface area contributed by atoms with Crippen molar-refractivity contribution in [2.45, 2.75) is 96.7 Å². The number of ether oxygens (including phenoxy) is 1. The fraction of sp³-hybridized carbons (Fsp3) is 1.00. The zero-order chi connectivity index (χ0) is 17.8. The molecule has 144 valence electrons. The molecular weight excluding hydrogens is 308 g/mol. The molecule has 0 aliphatic heterocycles. The summed E-state index contributed by atoms with van der Waals surface area (Å²) in [5.74, 6) is 5.21. The second-order valence-corrected chi connectivity index (χ2v) is 10.4. The highest BCUT2D eigenvalue weighted by atomic mass is 16.5. The van der Waals surface area contributed by atoms with Gasteiger partial charge in [0.2, 0.25) is 0 Å². The van der Waals surface area contributed by atoms with E-state index in [4.69, 9.17) is 4.74 Å². The van der Waals surface area contributed by atoms with E-state index in [0.29, 0.717) is 11.3 Å². The monoisotopic (exact) mass is 348 g/mol. The molecule has 4 saturated carbocycles. The maximum absolute atomic E-state index is 10.3. The van der Waals surface area contributed by atoms with Crippen LogP contribution in [0.2, 0.25) is 0 Å². The summed E-state index contributed by atoms with van der Waals surface area (Å²) in [6.07, 6.45) is 13.4. The highest BCUT2D eigenvalue weighted by molar-refractivity contribution is 5.07. The Bertz CT molecular complexity index is 482. The Hall–Kier alpha value is -0.0800. The Morgan fingerprint density at radius 1 is 1.00 bits per heavy atom. The summed E-state index contributed by atoms with van der Waals surface area (Å²) in [5, 5.41) is 10.3. The van der Waals surface area contributed by atoms with Crippen LogP contribution in [-0.2, 0) is 4.74 Å². The van der Waals surface area contributed by atoms with Crippen LogP contribution in [0.3, 0.4) is 0 Å². The van der Waals surface area contributed by atoms with Gasteiger partial charge in [-0.25, -0.2) is 0 Å². The Morgan fingerprint density at radius 2 is 1.76 bits per heavy atom. The molecule has 4 fully saturated rings. The van der Waals surface area contributed by atoms with Gasteiger partial charge in [0, 0.05) is 7.11 Å². The third kappa shape index (κ3) is 2.73. The molecule has 0 aromatic rings. The second-order valence-electron chi connectivity index (χ2n) is 10.4. The molecule has 4 rings (SSSR count). The molecule has 0 amide bonds. The lowest BCUT2D eigenvalue weighted by atomic mass is 9.48. The van der Waals surface area contributed by atoms with E-state index >= 15 is 0 Å². The first-order chi connectivity index (χ1) is 11.9. The van der Waals surface area contributed by atoms with E-state index in [0.717, 1.165) is 29.6 Å². The lowest BCUT2D eigenvalue weighted by Crippen LogP contribution is -2.51. The largest absolute Gasteiger partial charge is 0.393 e. The van der Waals surface area contributed by atoms with Crippen LogP contribution in [-0.4, -0.2) is 23.9 Å². The van der Waals surface area contributed by atoms with Crippen LogP contribution in [0.1, 0.15) is 85.0 Å². The standard InChI is InChI=1S/C23H40O2/c1-5-23(25-4)13-11-17-16(14-23)6-7-19-18(17)10-12-22(3)20(15(2)24)8-9-21(19)22/h15-21,24H,5-14H2,1-4H3. The van der Waals surface area contributed by atoms with Crippen molar-refractivity contribution >= 4 is 0 Å². The Morgan fingerprint density at radius 3 is 2.44 bits per heavy atom. The molecule has 0 radical (unpaired) electrons. The van der Waals surface area contributed by atoms with Gasteiger partial charge in [0.25, 0.3) is 0 Å². The lowest BCUT2D eigenvalue weighted by Gasteiger charge is -2.57. The topological polar surface area (TPSA) is 29.5 Å². The van der Waals surface area contributed by atoms with Gasteiger partial charge in [-0.2, -0.15) is 0 Å². The second kappa shape index (κ2) is 6.51. The smallest absolute Gasteiger partial charge is 0.0679 e. The number of rotatable bonds is 3. The Kier molecular flexibility index (Phi) is 4.77. The van der Waals surface area contributed by atoms with Gasteiger partial charge in [-0.05, 0) is 112 Å². The predicted octanol–water partition coefficient (Wildman–Crippen LogP) is 5.43. The number of aliphatic hydroxyl groups excluding tert-OH is 1. The molecule has 4 aliphatic carbocycles. The number of hydrogen-bond donors (Lipinski definition) is 1. The van der Waals surface area contributed by atoms with Gasteiger partial charge in [0.1, 0.15) is 0 Å². The number of fused-ring (bicyclic) bond motifs is 5. The highest BCUT2D eigenvalue weighted by Crippen LogP contribution is 2.65. The molecule has 0 spiro atoms. The molecule has 2 heteroatoms. The maximum atomic E-state index is 10.3. The van der Waals surface area contributed by atoms with Crippen LogP contribution in [0.5, 0.6) is 0 Å². The molecule has 0 bridgehead atoms. The van der Waals surface area contributed by atoms with Crippen molar-refractivity contribution in [3.63, 3.8) is 0 Å². The van der Waals surface area contributed by atoms with Crippen LogP contribution >= 0.6 is 0 Å². The predicted molar refractivity (Wildman–Crippen MR) is 102 cm³/mol. The van der Waals surface area contributed by atoms with Gasteiger partial charge in [0.15, 0.2) is 0 Å². The lowest BCUT2D eigenvalue weighted by molar-refractivity contribution is -0.123. The van der Waals surface area contributed by atoms with Crippen molar-refractivity contribution in [1.82, 2.24) is 0 Å². The first kappa shape index (κ1) is 18.3. The summed E-state index contributed by atoms with van der Waals surface area (Å²) in [5.41, 5.74) is 0.596. The van der Waals surface area contributed by atoms with Crippen LogP contribution in [0, 0.1) is 40.9 Å². The average molecular weight is 349 g/mol. The summed E-state index contributed by atoms with van der Waals surface area (Å²) >= 11 is 0. The minimum atomic E-state index is -0.121. The zero-order valence-corrected chi connectivity index (χ0v) is 17.0. The number of methoxy groups -OCH3 is 1. The third-order valence-corrected chi connectivity index (χ3v) is 9.82. The van der Waals surface area contributed by atoms with Gasteiger partial charge in [-0.15, -0.1) is 0 Å². The van der Waals surface area contributed by atoms with Crippen molar-refractivity contribution in [3.8, 4) is 0 Å². The average Bonchev–Trinajstić information content (AvgIpc) is 2.98. The van der Waals surface area contributed by atoms with E-state index in [2.05, 4.69) is 13.8 Å². The van der Waals surface area contributed by atoms with Gasteiger partial charge < -0.3 is 9.84 Å². The Balaban J connectivity index is 1.52. The molecule has 1 N–H and O–H groups in total. The summed E-state index contributed by atoms with van der Waals surface area (Å²) in [6, 6.07) is 0. The minimum absolute atomic E-state index is 0.121. The first-order valence-electron chi connectivity index (χ1n) is 11.2. The SMILES string of the molecule is CCC1(OC)CCC2C(CCC3C2CCC2(C)C(C(C)O)CCC32)C1. The van der Waals surface area contributed by atoms with Crippen molar-refractivity contribution in [2.24, 2.45) is 40.9 Å². The van der Waals surface area contributed by atoms with E-state index in [1.807, 2.05) is 14.0 Å². The molecule has 25 heavy (non-hydrogen) atoms. The third-order valence-electron chi connectivity index (χ3n) is 9.82. The van der Waals surface area contributed by atoms with Gasteiger partial charge in [-0.1, -0.05) is 13.8 Å². The van der Waals surface area contributed by atoms with Crippen molar-refractivity contribution in [1.29, 1.82) is 0 Å². The molecule has 4 aliphatic rings. The summed E-state index contributed by atoms with van der Waals surface area (Å²) in [4.78, 5) is 0. The molecule has 0 aromatic carbocycles. The summed E-state index contributed by atoms with van der Waals surface area (Å²) < 4.78 is 6.01. The normalized spacial score (nSPS) is 53.6. The first-order valence-corrected chi connectivity index (χ1v) is 11.2. The zero-order valence-electron chi connectivity index (χ0n) is 17.0. The molecule has 0 heterocycles. The van der Waals surface area contributed by atoms with Gasteiger partial charge >= 0.3 is 0 Å². The van der Waals surface area contributed by atoms with E-state index in [1.54, 1.807) is 0 Å². The number of hydrogen-bond acceptors (Lipinski definition) is 2. The van der Waals surface area contributed by atoms with Crippen molar-refractivity contribution in [3.05, 3.63) is 0 Å². The van der Waals surface area contributed by atoms with E-state index in [9.17, 15) is 5.11 Å². The molecular formula is C23H40O2. The fourth-order valence-corrected chi connectivity index (χ4v) is 8.43. The minimum Gasteiger partial charge on any atom is -0.393 e. The van der Waals surface area contributed by atoms with E-state index < -0.39 is 0 Å². The van der Waals surface area contributed by atoms with Gasteiger partial charge in [0.05, 0.1) is 11.7 Å².